The normalized spacial score (nSPS) is 12.0. The van der Waals surface area contributed by atoms with Gasteiger partial charge in [0.1, 0.15) is 6.04 Å². The van der Waals surface area contributed by atoms with E-state index in [1.807, 2.05) is 0 Å². The molecular formula is C19H37NO5. The molecule has 0 amide bonds. The highest BCUT2D eigenvalue weighted by atomic mass is 17.2. The average Bonchev–Trinajstić information content (AvgIpc) is 2.62. The van der Waals surface area contributed by atoms with Gasteiger partial charge in [0.25, 0.3) is 0 Å². The summed E-state index contributed by atoms with van der Waals surface area (Å²) >= 11 is 0. The predicted molar refractivity (Wildman–Crippen MR) is 97.6 cm³/mol. The van der Waals surface area contributed by atoms with E-state index in [1.165, 1.54) is 64.2 Å². The molecule has 0 aliphatic rings. The fourth-order valence-electron chi connectivity index (χ4n) is 2.55. The van der Waals surface area contributed by atoms with Crippen molar-refractivity contribution in [3.63, 3.8) is 0 Å². The van der Waals surface area contributed by atoms with Gasteiger partial charge in [-0.3, -0.25) is 0 Å². The number of aliphatic hydroxyl groups excluding tert-OH is 1. The highest BCUT2D eigenvalue weighted by molar-refractivity contribution is 5.76. The van der Waals surface area contributed by atoms with Crippen molar-refractivity contribution >= 4 is 11.9 Å². The summed E-state index contributed by atoms with van der Waals surface area (Å²) in [5.74, 6) is -1.53. The first-order chi connectivity index (χ1) is 12.1. The molecule has 3 N–H and O–H groups in total. The van der Waals surface area contributed by atoms with Gasteiger partial charge in [-0.2, -0.15) is 0 Å². The van der Waals surface area contributed by atoms with Gasteiger partial charge in [-0.25, -0.2) is 19.4 Å². The lowest BCUT2D eigenvalue weighted by Crippen LogP contribution is -2.36. The minimum atomic E-state index is -1.18. The highest BCUT2D eigenvalue weighted by Crippen LogP contribution is 2.13. The summed E-state index contributed by atoms with van der Waals surface area (Å²) < 4.78 is 0. The topological polar surface area (TPSA) is 98.9 Å². The van der Waals surface area contributed by atoms with Gasteiger partial charge >= 0.3 is 11.9 Å². The minimum Gasteiger partial charge on any atom is -0.394 e. The van der Waals surface area contributed by atoms with Crippen LogP contribution in [0.1, 0.15) is 96.8 Å². The second-order valence-electron chi connectivity index (χ2n) is 6.64. The molecular weight excluding hydrogens is 322 g/mol. The molecule has 148 valence electrons. The molecule has 0 aromatic heterocycles. The third-order valence-electron chi connectivity index (χ3n) is 4.20. The molecule has 0 bridgehead atoms. The Hall–Kier alpha value is -1.14. The quantitative estimate of drug-likeness (QED) is 0.247. The number of nitrogens with two attached hydrogens (primary N) is 1. The van der Waals surface area contributed by atoms with Crippen molar-refractivity contribution < 1.29 is 24.5 Å². The van der Waals surface area contributed by atoms with E-state index in [-0.39, 0.29) is 6.42 Å². The summed E-state index contributed by atoms with van der Waals surface area (Å²) in [4.78, 5) is 31.0. The van der Waals surface area contributed by atoms with Crippen LogP contribution in [0.25, 0.3) is 0 Å². The summed E-state index contributed by atoms with van der Waals surface area (Å²) in [6, 6.07) is -1.18. The van der Waals surface area contributed by atoms with Crippen molar-refractivity contribution in [3.8, 4) is 0 Å². The van der Waals surface area contributed by atoms with Crippen molar-refractivity contribution in [2.75, 3.05) is 6.61 Å². The Bertz CT molecular complexity index is 336. The Morgan fingerprint density at radius 3 is 1.68 bits per heavy atom. The van der Waals surface area contributed by atoms with E-state index in [4.69, 9.17) is 10.8 Å². The SMILES string of the molecule is CCCCCCCCCCCCCCCC(=O)OOC(=O)C(N)CO. The van der Waals surface area contributed by atoms with Crippen molar-refractivity contribution in [1.29, 1.82) is 0 Å². The van der Waals surface area contributed by atoms with E-state index in [2.05, 4.69) is 16.7 Å². The molecule has 0 aliphatic carbocycles. The Morgan fingerprint density at radius 2 is 1.24 bits per heavy atom. The van der Waals surface area contributed by atoms with Crippen LogP contribution >= 0.6 is 0 Å². The van der Waals surface area contributed by atoms with E-state index in [1.54, 1.807) is 0 Å². The number of rotatable bonds is 16. The lowest BCUT2D eigenvalue weighted by molar-refractivity contribution is -0.260. The second kappa shape index (κ2) is 17.7. The monoisotopic (exact) mass is 359 g/mol. The van der Waals surface area contributed by atoms with Gasteiger partial charge in [0, 0.05) is 0 Å². The standard InChI is InChI=1S/C19H37NO5/c1-2-3-4-5-6-7-8-9-10-11-12-13-14-15-18(22)24-25-19(23)17(20)16-21/h17,21H,2-16,20H2,1H3. The van der Waals surface area contributed by atoms with Gasteiger partial charge in [-0.15, -0.1) is 0 Å². The van der Waals surface area contributed by atoms with Crippen LogP contribution in [0, 0.1) is 0 Å². The molecule has 0 saturated heterocycles. The number of hydrogen-bond acceptors (Lipinski definition) is 6. The Kier molecular flexibility index (Phi) is 16.9. The molecule has 6 nitrogen and oxygen atoms in total. The first-order valence-electron chi connectivity index (χ1n) is 9.89. The zero-order chi connectivity index (χ0) is 18.8. The van der Waals surface area contributed by atoms with Crippen LogP contribution in [0.2, 0.25) is 0 Å². The fraction of sp³-hybridized carbons (Fsp3) is 0.895. The van der Waals surface area contributed by atoms with Gasteiger partial charge in [-0.1, -0.05) is 84.0 Å². The Labute approximate surface area is 152 Å². The summed E-state index contributed by atoms with van der Waals surface area (Å²) in [6.45, 7) is 1.70. The molecule has 1 unspecified atom stereocenters. The lowest BCUT2D eigenvalue weighted by atomic mass is 10.0. The third-order valence-corrected chi connectivity index (χ3v) is 4.20. The molecule has 0 fully saturated rings. The molecule has 0 rings (SSSR count). The van der Waals surface area contributed by atoms with Gasteiger partial charge in [-0.05, 0) is 6.42 Å². The molecule has 1 atom stereocenters. The summed E-state index contributed by atoms with van der Waals surface area (Å²) in [5, 5.41) is 8.64. The number of unbranched alkanes of at least 4 members (excludes halogenated alkanes) is 12. The number of hydrogen-bond donors (Lipinski definition) is 2. The van der Waals surface area contributed by atoms with Crippen LogP contribution < -0.4 is 5.73 Å². The smallest absolute Gasteiger partial charge is 0.374 e. The zero-order valence-electron chi connectivity index (χ0n) is 15.8. The van der Waals surface area contributed by atoms with Crippen LogP contribution in [0.15, 0.2) is 0 Å². The average molecular weight is 360 g/mol. The van der Waals surface area contributed by atoms with Crippen LogP contribution in [0.4, 0.5) is 0 Å². The maximum absolute atomic E-state index is 11.4. The van der Waals surface area contributed by atoms with Gasteiger partial charge in [0.15, 0.2) is 0 Å². The molecule has 25 heavy (non-hydrogen) atoms. The molecule has 6 heteroatoms. The van der Waals surface area contributed by atoms with Crippen molar-refractivity contribution in [2.45, 2.75) is 103 Å². The third kappa shape index (κ3) is 16.1. The highest BCUT2D eigenvalue weighted by Gasteiger charge is 2.17. The van der Waals surface area contributed by atoms with Crippen molar-refractivity contribution in [1.82, 2.24) is 0 Å². The summed E-state index contributed by atoms with van der Waals surface area (Å²) in [6.07, 6.45) is 16.3. The van der Waals surface area contributed by atoms with E-state index in [9.17, 15) is 9.59 Å². The molecule has 0 aliphatic heterocycles. The number of carbonyl (C=O) groups excluding carboxylic acids is 2. The molecule has 0 heterocycles. The number of carbonyl (C=O) groups is 2. The van der Waals surface area contributed by atoms with Crippen LogP contribution in [0.5, 0.6) is 0 Å². The summed E-state index contributed by atoms with van der Waals surface area (Å²) in [7, 11) is 0. The number of aliphatic hydroxyl groups is 1. The fourth-order valence-corrected chi connectivity index (χ4v) is 2.55. The Balaban J connectivity index is 3.27. The first-order valence-corrected chi connectivity index (χ1v) is 9.89. The van der Waals surface area contributed by atoms with Gasteiger partial charge in [0.05, 0.1) is 13.0 Å². The molecule has 0 aromatic rings. The van der Waals surface area contributed by atoms with Gasteiger partial charge < -0.3 is 10.8 Å². The largest absolute Gasteiger partial charge is 0.394 e. The maximum atomic E-state index is 11.4. The minimum absolute atomic E-state index is 0.222. The van der Waals surface area contributed by atoms with E-state index < -0.39 is 24.6 Å². The second-order valence-corrected chi connectivity index (χ2v) is 6.64. The van der Waals surface area contributed by atoms with Crippen molar-refractivity contribution in [3.05, 3.63) is 0 Å². The van der Waals surface area contributed by atoms with E-state index in [0.717, 1.165) is 19.3 Å². The molecule has 0 aromatic carbocycles. The molecule has 0 spiro atoms. The molecule has 0 saturated carbocycles. The van der Waals surface area contributed by atoms with Crippen LogP contribution in [0.3, 0.4) is 0 Å². The predicted octanol–water partition coefficient (Wildman–Crippen LogP) is 3.79. The van der Waals surface area contributed by atoms with E-state index >= 15 is 0 Å². The van der Waals surface area contributed by atoms with E-state index in [0.29, 0.717) is 0 Å². The van der Waals surface area contributed by atoms with Gasteiger partial charge in [0.2, 0.25) is 0 Å². The zero-order valence-corrected chi connectivity index (χ0v) is 15.8. The summed E-state index contributed by atoms with van der Waals surface area (Å²) in [5.41, 5.74) is 5.21. The first kappa shape index (κ1) is 23.9. The van der Waals surface area contributed by atoms with Crippen LogP contribution in [-0.4, -0.2) is 29.7 Å². The van der Waals surface area contributed by atoms with Crippen LogP contribution in [-0.2, 0) is 19.4 Å². The molecule has 0 radical (unpaired) electrons. The Morgan fingerprint density at radius 1 is 0.800 bits per heavy atom. The maximum Gasteiger partial charge on any atom is 0.374 e. The van der Waals surface area contributed by atoms with Crippen molar-refractivity contribution in [2.24, 2.45) is 5.73 Å². The lowest BCUT2D eigenvalue weighted by Gasteiger charge is -2.06.